The second-order valence-electron chi connectivity index (χ2n) is 2.69. The predicted molar refractivity (Wildman–Crippen MR) is 59.9 cm³/mol. The normalized spacial score (nSPS) is 12.4. The van der Waals surface area contributed by atoms with Gasteiger partial charge < -0.3 is 9.72 Å². The van der Waals surface area contributed by atoms with Gasteiger partial charge in [-0.15, -0.1) is 0 Å². The largest absolute Gasteiger partial charge is 0.465 e. The van der Waals surface area contributed by atoms with Crippen LogP contribution in [0.2, 0.25) is 0 Å². The van der Waals surface area contributed by atoms with Crippen LogP contribution < -0.4 is 3.53 Å². The van der Waals surface area contributed by atoms with Gasteiger partial charge in [-0.05, 0) is 6.92 Å². The third kappa shape index (κ3) is 3.26. The van der Waals surface area contributed by atoms with E-state index in [1.54, 1.807) is 19.4 Å². The highest BCUT2D eigenvalue weighted by atomic mass is 127. The van der Waals surface area contributed by atoms with Crippen LogP contribution in [0, 0.1) is 0 Å². The van der Waals surface area contributed by atoms with Gasteiger partial charge in [0.25, 0.3) is 0 Å². The van der Waals surface area contributed by atoms with Crippen molar-refractivity contribution in [1.82, 2.24) is 13.5 Å². The Labute approximate surface area is 96.1 Å². The van der Waals surface area contributed by atoms with Gasteiger partial charge in [0.15, 0.2) is 0 Å². The highest BCUT2D eigenvalue weighted by Crippen LogP contribution is 2.02. The minimum absolute atomic E-state index is 0.239. The number of hydrogen-bond donors (Lipinski definition) is 2. The molecule has 0 spiro atoms. The van der Waals surface area contributed by atoms with E-state index >= 15 is 0 Å². The smallest absolute Gasteiger partial charge is 0.324 e. The first kappa shape index (κ1) is 11.4. The van der Waals surface area contributed by atoms with E-state index in [0.717, 1.165) is 5.69 Å². The number of aromatic amines is 1. The molecule has 0 aliphatic heterocycles. The number of rotatable bonds is 5. The van der Waals surface area contributed by atoms with Crippen LogP contribution in [0.4, 0.5) is 0 Å². The predicted octanol–water partition coefficient (Wildman–Crippen LogP) is 0.824. The Hall–Kier alpha value is -0.630. The quantitative estimate of drug-likeness (QED) is 0.480. The topological polar surface area (TPSA) is 67.0 Å². The molecular formula is C8H12IN3O2. The van der Waals surface area contributed by atoms with Gasteiger partial charge in [-0.25, -0.2) is 8.51 Å². The average molecular weight is 309 g/mol. The van der Waals surface area contributed by atoms with Gasteiger partial charge in [-0.1, -0.05) is 0 Å². The second-order valence-corrected chi connectivity index (χ2v) is 3.32. The Kier molecular flexibility index (Phi) is 4.88. The number of hydrogen-bond acceptors (Lipinski definition) is 4. The molecule has 1 unspecified atom stereocenters. The number of nitrogens with one attached hydrogen (secondary N) is 2. The van der Waals surface area contributed by atoms with Crippen LogP contribution in [0.15, 0.2) is 12.5 Å². The van der Waals surface area contributed by atoms with Crippen molar-refractivity contribution in [3.63, 3.8) is 0 Å². The van der Waals surface area contributed by atoms with Crippen molar-refractivity contribution >= 4 is 28.8 Å². The molecule has 0 amide bonds. The summed E-state index contributed by atoms with van der Waals surface area (Å²) in [4.78, 5) is 18.2. The Balaban J connectivity index is 2.50. The molecule has 0 saturated carbocycles. The number of carbonyl (C=O) groups is 1. The lowest BCUT2D eigenvalue weighted by Crippen LogP contribution is -2.34. The minimum atomic E-state index is -0.323. The summed E-state index contributed by atoms with van der Waals surface area (Å²) in [5.41, 5.74) is 0.909. The molecule has 0 aliphatic carbocycles. The van der Waals surface area contributed by atoms with Crippen LogP contribution in [-0.4, -0.2) is 28.6 Å². The third-order valence-corrected chi connectivity index (χ3v) is 2.43. The van der Waals surface area contributed by atoms with Crippen LogP contribution in [0.25, 0.3) is 0 Å². The zero-order valence-electron chi connectivity index (χ0n) is 7.79. The Morgan fingerprint density at radius 1 is 1.86 bits per heavy atom. The van der Waals surface area contributed by atoms with Gasteiger partial charge in [0.2, 0.25) is 0 Å². The molecule has 14 heavy (non-hydrogen) atoms. The number of halogens is 1. The maximum Gasteiger partial charge on any atom is 0.324 e. The van der Waals surface area contributed by atoms with Crippen molar-refractivity contribution in [2.75, 3.05) is 6.61 Å². The number of imidazole rings is 1. The standard InChI is InChI=1S/C8H12IN3O2/c1-2-14-8(13)7(12-9)3-6-4-10-5-11-6/h4-5,7,12H,2-3H2,1H3,(H,10,11). The molecule has 0 saturated heterocycles. The molecule has 0 aliphatic rings. The Morgan fingerprint density at radius 3 is 3.14 bits per heavy atom. The number of aromatic nitrogens is 2. The van der Waals surface area contributed by atoms with Gasteiger partial charge in [-0.3, -0.25) is 4.79 Å². The number of H-pyrrole nitrogens is 1. The summed E-state index contributed by atoms with van der Waals surface area (Å²) in [6.07, 6.45) is 3.84. The molecule has 0 bridgehead atoms. The lowest BCUT2D eigenvalue weighted by atomic mass is 10.2. The maximum absolute atomic E-state index is 11.4. The lowest BCUT2D eigenvalue weighted by molar-refractivity contribution is -0.144. The van der Waals surface area contributed by atoms with Gasteiger partial charge >= 0.3 is 5.97 Å². The van der Waals surface area contributed by atoms with Gasteiger partial charge in [0.05, 0.1) is 12.9 Å². The van der Waals surface area contributed by atoms with Crippen LogP contribution >= 0.6 is 22.9 Å². The van der Waals surface area contributed by atoms with Crippen molar-refractivity contribution in [3.05, 3.63) is 18.2 Å². The molecule has 6 heteroatoms. The zero-order valence-corrected chi connectivity index (χ0v) is 9.95. The average Bonchev–Trinajstić information content (AvgIpc) is 2.66. The molecule has 2 N–H and O–H groups in total. The molecule has 78 valence electrons. The van der Waals surface area contributed by atoms with E-state index in [1.165, 1.54) is 0 Å². The first-order chi connectivity index (χ1) is 6.77. The summed E-state index contributed by atoms with van der Waals surface area (Å²) in [6.45, 7) is 2.19. The summed E-state index contributed by atoms with van der Waals surface area (Å²) in [7, 11) is 0. The summed E-state index contributed by atoms with van der Waals surface area (Å²) in [5, 5.41) is 0. The molecule has 1 rings (SSSR count). The highest BCUT2D eigenvalue weighted by Gasteiger charge is 2.18. The number of nitrogens with zero attached hydrogens (tertiary/aromatic N) is 1. The molecule has 1 aromatic heterocycles. The maximum atomic E-state index is 11.4. The van der Waals surface area contributed by atoms with Crippen molar-refractivity contribution in [2.45, 2.75) is 19.4 Å². The molecule has 5 nitrogen and oxygen atoms in total. The second kappa shape index (κ2) is 5.97. The van der Waals surface area contributed by atoms with Crippen molar-refractivity contribution < 1.29 is 9.53 Å². The van der Waals surface area contributed by atoms with E-state index in [2.05, 4.69) is 13.5 Å². The van der Waals surface area contributed by atoms with Crippen LogP contribution in [-0.2, 0) is 16.0 Å². The van der Waals surface area contributed by atoms with E-state index in [9.17, 15) is 4.79 Å². The fourth-order valence-corrected chi connectivity index (χ4v) is 1.50. The fraction of sp³-hybridized carbons (Fsp3) is 0.500. The van der Waals surface area contributed by atoms with E-state index in [4.69, 9.17) is 4.74 Å². The molecule has 1 aromatic rings. The van der Waals surface area contributed by atoms with Crippen molar-refractivity contribution in [1.29, 1.82) is 0 Å². The summed E-state index contributed by atoms with van der Waals surface area (Å²) < 4.78 is 7.78. The monoisotopic (exact) mass is 309 g/mol. The van der Waals surface area contributed by atoms with Gasteiger partial charge in [0.1, 0.15) is 6.04 Å². The van der Waals surface area contributed by atoms with Crippen molar-refractivity contribution in [2.24, 2.45) is 0 Å². The molecule has 1 atom stereocenters. The summed E-state index contributed by atoms with van der Waals surface area (Å²) in [6, 6.07) is -0.323. The van der Waals surface area contributed by atoms with E-state index < -0.39 is 0 Å². The molecular weight excluding hydrogens is 297 g/mol. The lowest BCUT2D eigenvalue weighted by Gasteiger charge is -2.11. The van der Waals surface area contributed by atoms with Crippen LogP contribution in [0.1, 0.15) is 12.6 Å². The number of ether oxygens (including phenoxy) is 1. The highest BCUT2D eigenvalue weighted by molar-refractivity contribution is 14.1. The fourth-order valence-electron chi connectivity index (χ4n) is 1.03. The molecule has 0 fully saturated rings. The van der Waals surface area contributed by atoms with E-state index in [1.807, 2.05) is 22.9 Å². The molecule has 0 radical (unpaired) electrons. The molecule has 0 aromatic carbocycles. The van der Waals surface area contributed by atoms with E-state index in [0.29, 0.717) is 13.0 Å². The first-order valence-corrected chi connectivity index (χ1v) is 5.35. The Bertz CT molecular complexity index is 276. The minimum Gasteiger partial charge on any atom is -0.465 e. The van der Waals surface area contributed by atoms with Crippen LogP contribution in [0.3, 0.4) is 0 Å². The summed E-state index contributed by atoms with van der Waals surface area (Å²) in [5.74, 6) is -0.239. The number of carbonyl (C=O) groups excluding carboxylic acids is 1. The van der Waals surface area contributed by atoms with Gasteiger partial charge in [0, 0.05) is 41.2 Å². The van der Waals surface area contributed by atoms with Crippen LogP contribution in [0.5, 0.6) is 0 Å². The van der Waals surface area contributed by atoms with Crippen molar-refractivity contribution in [3.8, 4) is 0 Å². The summed E-state index contributed by atoms with van der Waals surface area (Å²) >= 11 is 1.94. The van der Waals surface area contributed by atoms with E-state index in [-0.39, 0.29) is 12.0 Å². The third-order valence-electron chi connectivity index (χ3n) is 1.68. The first-order valence-electron chi connectivity index (χ1n) is 4.28. The SMILES string of the molecule is CCOC(=O)C(Cc1cnc[nH]1)NI. The number of esters is 1. The zero-order chi connectivity index (χ0) is 10.4. The van der Waals surface area contributed by atoms with Gasteiger partial charge in [-0.2, -0.15) is 0 Å². The molecule has 1 heterocycles. The Morgan fingerprint density at radius 2 is 2.64 bits per heavy atom.